The van der Waals surface area contributed by atoms with E-state index in [1.165, 1.54) is 0 Å². The molecular weight excluding hydrogens is 376 g/mol. The summed E-state index contributed by atoms with van der Waals surface area (Å²) in [5.41, 5.74) is 11.2. The monoisotopic (exact) mass is 398 g/mol. The molecule has 0 saturated carbocycles. The van der Waals surface area contributed by atoms with E-state index in [4.69, 9.17) is 5.73 Å². The van der Waals surface area contributed by atoms with Crippen molar-refractivity contribution in [2.24, 2.45) is 10.7 Å². The molecule has 0 aliphatic carbocycles. The van der Waals surface area contributed by atoms with Crippen molar-refractivity contribution in [1.82, 2.24) is 0 Å². The number of carbonyl (C=O) groups excluding carboxylic acids is 2. The standard InChI is InChI=1S/C17H17N3O.C7H5NO/c1-12-19-15-8-4-3-7-14(15)17(11-21)20(12)16-9-5-2-6-13(16)10-18;9-7-5-2-1-3-6(4-5)8-7/h2-9,11,17H,10,18H2,1H3;1-4H,(H,8,9). The van der Waals surface area contributed by atoms with E-state index in [0.29, 0.717) is 6.54 Å². The molecule has 0 aromatic heterocycles. The van der Waals surface area contributed by atoms with Gasteiger partial charge in [-0.25, -0.2) is 4.99 Å². The van der Waals surface area contributed by atoms with E-state index in [1.54, 1.807) is 6.07 Å². The van der Waals surface area contributed by atoms with Gasteiger partial charge in [0.2, 0.25) is 0 Å². The lowest BCUT2D eigenvalue weighted by Gasteiger charge is -2.35. The largest absolute Gasteiger partial charge is 0.326 e. The molecule has 6 nitrogen and oxygen atoms in total. The molecule has 1 unspecified atom stereocenters. The molecule has 2 aliphatic rings. The number of fused-ring (bicyclic) bond motifs is 3. The van der Waals surface area contributed by atoms with Gasteiger partial charge in [-0.1, -0.05) is 42.5 Å². The second-order valence-corrected chi connectivity index (χ2v) is 7.04. The first-order valence-corrected chi connectivity index (χ1v) is 9.70. The maximum absolute atomic E-state index is 11.7. The van der Waals surface area contributed by atoms with Crippen molar-refractivity contribution in [3.8, 4) is 0 Å². The number of aldehydes is 1. The van der Waals surface area contributed by atoms with Crippen LogP contribution in [0.4, 0.5) is 17.1 Å². The predicted octanol–water partition coefficient (Wildman–Crippen LogP) is 4.21. The number of benzene rings is 3. The smallest absolute Gasteiger partial charge is 0.255 e. The number of nitrogens with two attached hydrogens (primary N) is 1. The Morgan fingerprint density at radius 3 is 2.57 bits per heavy atom. The normalized spacial score (nSPS) is 16.1. The van der Waals surface area contributed by atoms with Gasteiger partial charge in [0.15, 0.2) is 0 Å². The van der Waals surface area contributed by atoms with Crippen molar-refractivity contribution >= 4 is 35.1 Å². The Labute approximate surface area is 175 Å². The fraction of sp³-hybridized carbons (Fsp3) is 0.125. The first kappa shape index (κ1) is 19.5. The SMILES string of the molecule is CC1=Nc2ccccc2C(C=O)N1c1ccccc1CN.O=C1Nc2cccc1c2. The Morgan fingerprint density at radius 2 is 1.83 bits per heavy atom. The molecule has 150 valence electrons. The molecule has 1 atom stereocenters. The molecule has 6 heteroatoms. The average molecular weight is 398 g/mol. The molecule has 30 heavy (non-hydrogen) atoms. The summed E-state index contributed by atoms with van der Waals surface area (Å²) >= 11 is 0. The fourth-order valence-corrected chi connectivity index (χ4v) is 3.73. The number of hydrogen-bond acceptors (Lipinski definition) is 5. The van der Waals surface area contributed by atoms with Gasteiger partial charge in [0.1, 0.15) is 18.2 Å². The lowest BCUT2D eigenvalue weighted by Crippen LogP contribution is -2.37. The third-order valence-electron chi connectivity index (χ3n) is 5.15. The van der Waals surface area contributed by atoms with E-state index in [2.05, 4.69) is 10.3 Å². The number of nitrogens with one attached hydrogen (secondary N) is 1. The maximum atomic E-state index is 11.7. The third-order valence-corrected chi connectivity index (χ3v) is 5.15. The molecule has 0 fully saturated rings. The number of amides is 1. The van der Waals surface area contributed by atoms with Gasteiger partial charge in [-0.15, -0.1) is 0 Å². The van der Waals surface area contributed by atoms with Crippen LogP contribution in [0.25, 0.3) is 0 Å². The van der Waals surface area contributed by atoms with E-state index < -0.39 is 0 Å². The number of carbonyl (C=O) groups is 2. The Hall–Kier alpha value is -3.77. The number of rotatable bonds is 3. The average Bonchev–Trinajstić information content (AvgIpc) is 3.03. The van der Waals surface area contributed by atoms with Gasteiger partial charge < -0.3 is 20.7 Å². The van der Waals surface area contributed by atoms with E-state index >= 15 is 0 Å². The van der Waals surface area contributed by atoms with E-state index in [9.17, 15) is 9.59 Å². The van der Waals surface area contributed by atoms with Crippen molar-refractivity contribution in [2.75, 3.05) is 10.2 Å². The highest BCUT2D eigenvalue weighted by Gasteiger charge is 2.29. The van der Waals surface area contributed by atoms with Crippen LogP contribution in [0.15, 0.2) is 77.8 Å². The number of hydrogen-bond donors (Lipinski definition) is 2. The zero-order chi connectivity index (χ0) is 21.1. The minimum Gasteiger partial charge on any atom is -0.326 e. The van der Waals surface area contributed by atoms with Crippen molar-refractivity contribution in [3.05, 3.63) is 89.5 Å². The van der Waals surface area contributed by atoms with Crippen LogP contribution >= 0.6 is 0 Å². The van der Waals surface area contributed by atoms with Crippen LogP contribution in [0.2, 0.25) is 0 Å². The molecule has 2 heterocycles. The number of anilines is 2. The van der Waals surface area contributed by atoms with Crippen molar-refractivity contribution in [3.63, 3.8) is 0 Å². The zero-order valence-corrected chi connectivity index (χ0v) is 16.6. The van der Waals surface area contributed by atoms with Gasteiger partial charge in [0.25, 0.3) is 5.91 Å². The van der Waals surface area contributed by atoms with Crippen LogP contribution in [-0.2, 0) is 11.3 Å². The Bertz CT molecular complexity index is 1140. The van der Waals surface area contributed by atoms with Gasteiger partial charge in [-0.3, -0.25) is 4.79 Å². The number of para-hydroxylation sites is 2. The summed E-state index contributed by atoms with van der Waals surface area (Å²) in [4.78, 5) is 29.1. The van der Waals surface area contributed by atoms with Crippen LogP contribution in [0.5, 0.6) is 0 Å². The minimum absolute atomic E-state index is 0.00926. The first-order chi connectivity index (χ1) is 14.6. The van der Waals surface area contributed by atoms with Gasteiger partial charge in [-0.2, -0.15) is 0 Å². The molecule has 5 rings (SSSR count). The lowest BCUT2D eigenvalue weighted by molar-refractivity contribution is -0.108. The maximum Gasteiger partial charge on any atom is 0.255 e. The van der Waals surface area contributed by atoms with Crippen molar-refractivity contribution in [1.29, 1.82) is 0 Å². The van der Waals surface area contributed by atoms with Crippen molar-refractivity contribution in [2.45, 2.75) is 19.5 Å². The Kier molecular flexibility index (Phi) is 5.41. The number of aliphatic imine (C=N–C) groups is 1. The highest BCUT2D eigenvalue weighted by molar-refractivity contribution is 6.09. The second kappa shape index (κ2) is 8.31. The molecule has 3 aromatic carbocycles. The van der Waals surface area contributed by atoms with Crippen LogP contribution < -0.4 is 16.0 Å². The second-order valence-electron chi connectivity index (χ2n) is 7.04. The topological polar surface area (TPSA) is 87.8 Å². The van der Waals surface area contributed by atoms with Gasteiger partial charge in [0, 0.05) is 29.0 Å². The van der Waals surface area contributed by atoms with Crippen LogP contribution in [0.1, 0.15) is 34.5 Å². The molecule has 0 radical (unpaired) electrons. The summed E-state index contributed by atoms with van der Waals surface area (Å²) in [5, 5.41) is 2.68. The Balaban J connectivity index is 0.000000200. The van der Waals surface area contributed by atoms with Gasteiger partial charge >= 0.3 is 0 Å². The van der Waals surface area contributed by atoms with E-state index in [-0.39, 0.29) is 11.9 Å². The van der Waals surface area contributed by atoms with Crippen LogP contribution in [-0.4, -0.2) is 18.0 Å². The molecule has 3 N–H and O–H groups in total. The summed E-state index contributed by atoms with van der Waals surface area (Å²) in [6.45, 7) is 2.34. The summed E-state index contributed by atoms with van der Waals surface area (Å²) in [5.74, 6) is 0.807. The molecule has 0 saturated heterocycles. The van der Waals surface area contributed by atoms with E-state index in [1.807, 2.05) is 78.6 Å². The highest BCUT2D eigenvalue weighted by atomic mass is 16.1. The third kappa shape index (κ3) is 3.60. The lowest BCUT2D eigenvalue weighted by atomic mass is 10.00. The molecule has 1 amide bonds. The zero-order valence-electron chi connectivity index (χ0n) is 16.6. The molecule has 3 aromatic rings. The quantitative estimate of drug-likeness (QED) is 0.647. The molecular formula is C24H22N4O2. The van der Waals surface area contributed by atoms with Crippen LogP contribution in [0, 0.1) is 0 Å². The molecule has 0 spiro atoms. The minimum atomic E-state index is -0.369. The summed E-state index contributed by atoms with van der Waals surface area (Å²) in [6, 6.07) is 22.6. The number of amidine groups is 1. The summed E-state index contributed by atoms with van der Waals surface area (Å²) < 4.78 is 0. The summed E-state index contributed by atoms with van der Waals surface area (Å²) in [7, 11) is 0. The predicted molar refractivity (Wildman–Crippen MR) is 119 cm³/mol. The van der Waals surface area contributed by atoms with Crippen molar-refractivity contribution < 1.29 is 9.59 Å². The fourth-order valence-electron chi connectivity index (χ4n) is 3.73. The summed E-state index contributed by atoms with van der Waals surface area (Å²) in [6.07, 6.45) is 0.963. The van der Waals surface area contributed by atoms with E-state index in [0.717, 1.165) is 45.9 Å². The molecule has 2 aliphatic heterocycles. The van der Waals surface area contributed by atoms with Crippen LogP contribution in [0.3, 0.4) is 0 Å². The highest BCUT2D eigenvalue weighted by Crippen LogP contribution is 2.37. The first-order valence-electron chi connectivity index (χ1n) is 9.70. The van der Waals surface area contributed by atoms with Gasteiger partial charge in [-0.05, 0) is 42.8 Å². The number of nitrogens with zero attached hydrogens (tertiary/aromatic N) is 2. The molecule has 2 bridgehead atoms. The Morgan fingerprint density at radius 1 is 1.07 bits per heavy atom. The van der Waals surface area contributed by atoms with Gasteiger partial charge in [0.05, 0.1) is 5.69 Å².